The van der Waals surface area contributed by atoms with E-state index in [0.29, 0.717) is 31.7 Å². The van der Waals surface area contributed by atoms with E-state index >= 15 is 0 Å². The van der Waals surface area contributed by atoms with Gasteiger partial charge in [-0.25, -0.2) is 0 Å². The van der Waals surface area contributed by atoms with Gasteiger partial charge in [-0.3, -0.25) is 4.79 Å². The predicted molar refractivity (Wildman–Crippen MR) is 231 cm³/mol. The lowest BCUT2D eigenvalue weighted by molar-refractivity contribution is -0.314. The smallest absolute Gasteiger partial charge is 0.311 e. The third-order valence-corrected chi connectivity index (χ3v) is 13.2. The third kappa shape index (κ3) is 13.4. The molecule has 0 bridgehead atoms. The molecule has 4 rings (SSSR count). The van der Waals surface area contributed by atoms with Gasteiger partial charge >= 0.3 is 5.97 Å². The predicted octanol–water partition coefficient (Wildman–Crippen LogP) is 3.86. The van der Waals surface area contributed by atoms with Crippen molar-refractivity contribution >= 4 is 11.7 Å². The fourth-order valence-electron chi connectivity index (χ4n) is 9.28. The second-order valence-corrected chi connectivity index (χ2v) is 18.6. The summed E-state index contributed by atoms with van der Waals surface area (Å²) in [4.78, 5) is 20.1. The molecule has 0 aliphatic carbocycles. The largest absolute Gasteiger partial charge is 0.459 e. The molecule has 3 aliphatic heterocycles. The summed E-state index contributed by atoms with van der Waals surface area (Å²) in [7, 11) is 1.50. The molecule has 16 heteroatoms. The van der Waals surface area contributed by atoms with Crippen molar-refractivity contribution in [3.8, 4) is 0 Å². The first-order valence-electron chi connectivity index (χ1n) is 22.5. The Hall–Kier alpha value is -2.32. The molecule has 6 N–H and O–H groups in total. The molecule has 0 spiro atoms. The van der Waals surface area contributed by atoms with Crippen molar-refractivity contribution in [2.45, 2.75) is 186 Å². The van der Waals surface area contributed by atoms with E-state index in [-0.39, 0.29) is 38.6 Å². The van der Waals surface area contributed by atoms with Gasteiger partial charge < -0.3 is 68.8 Å². The summed E-state index contributed by atoms with van der Waals surface area (Å²) in [5.41, 5.74) is -3.22. The van der Waals surface area contributed by atoms with Crippen LogP contribution < -0.4 is 5.32 Å². The quantitative estimate of drug-likeness (QED) is 0.0838. The number of aliphatic hydroxyl groups excluding tert-OH is 3. The highest BCUT2D eigenvalue weighted by atomic mass is 16.7. The normalized spacial score (nSPS) is 42.3. The summed E-state index contributed by atoms with van der Waals surface area (Å²) in [6.07, 6.45) is -8.56. The number of nitrogens with zero attached hydrogens (tertiary/aromatic N) is 1. The molecule has 3 saturated heterocycles. The molecule has 62 heavy (non-hydrogen) atoms. The minimum absolute atomic E-state index is 0.000982. The minimum atomic E-state index is -1.95. The van der Waals surface area contributed by atoms with Crippen LogP contribution in [0.4, 0.5) is 0 Å². The van der Waals surface area contributed by atoms with Gasteiger partial charge in [0.25, 0.3) is 0 Å². The van der Waals surface area contributed by atoms with Gasteiger partial charge in [0.15, 0.2) is 12.6 Å². The SMILES string of the molecule is CC[C@H]1OC(=O)[C@H](C)[C@@H](O[C@H]2C[C@@](C)(OC)[C@@H](O)[C@H](C)O2)[C@H](C)[C@@H](O[C@@H]2O[C@H](C)CC[C@H]2O)[C@](C)(O)C[C@@H](C)/C(=N\OCCOCCNCc2ccccc2)[C@H](C)[C@@H](O)[C@]1(C)O. The molecular weight excluding hydrogens is 805 g/mol. The molecule has 3 fully saturated rings. The summed E-state index contributed by atoms with van der Waals surface area (Å²) in [6.45, 7) is 19.2. The zero-order valence-electron chi connectivity index (χ0n) is 38.9. The highest BCUT2D eigenvalue weighted by Crippen LogP contribution is 2.41. The van der Waals surface area contributed by atoms with Crippen LogP contribution in [0.3, 0.4) is 0 Å². The van der Waals surface area contributed by atoms with E-state index < -0.39 is 102 Å². The molecule has 16 nitrogen and oxygen atoms in total. The van der Waals surface area contributed by atoms with Crippen LogP contribution in [-0.2, 0) is 49.3 Å². The maximum absolute atomic E-state index is 14.3. The summed E-state index contributed by atoms with van der Waals surface area (Å²) in [6, 6.07) is 10.1. The summed E-state index contributed by atoms with van der Waals surface area (Å²) in [5.74, 6) is -4.02. The van der Waals surface area contributed by atoms with Gasteiger partial charge in [0, 0.05) is 44.4 Å². The Morgan fingerprint density at radius 2 is 1.56 bits per heavy atom. The van der Waals surface area contributed by atoms with E-state index in [9.17, 15) is 30.3 Å². The van der Waals surface area contributed by atoms with E-state index in [4.69, 9.17) is 38.0 Å². The Balaban J connectivity index is 1.68. The van der Waals surface area contributed by atoms with E-state index in [0.717, 1.165) is 6.54 Å². The topological polar surface area (TPSA) is 216 Å². The fourth-order valence-corrected chi connectivity index (χ4v) is 9.28. The second kappa shape index (κ2) is 23.2. The van der Waals surface area contributed by atoms with Gasteiger partial charge in [0.05, 0.1) is 66.6 Å². The number of cyclic esters (lactones) is 1. The molecule has 0 unspecified atom stereocenters. The average Bonchev–Trinajstić information content (AvgIpc) is 3.23. The van der Waals surface area contributed by atoms with Crippen molar-refractivity contribution in [1.82, 2.24) is 5.32 Å². The summed E-state index contributed by atoms with van der Waals surface area (Å²) >= 11 is 0. The van der Waals surface area contributed by atoms with Crippen molar-refractivity contribution in [3.63, 3.8) is 0 Å². The molecule has 0 aromatic heterocycles. The molecule has 3 heterocycles. The van der Waals surface area contributed by atoms with E-state index in [1.807, 2.05) is 44.2 Å². The Kier molecular flexibility index (Phi) is 19.6. The van der Waals surface area contributed by atoms with Gasteiger partial charge in [-0.15, -0.1) is 0 Å². The van der Waals surface area contributed by atoms with Crippen LogP contribution in [0.15, 0.2) is 35.5 Å². The standard InChI is InChI=1S/C46H78N2O14/c1-12-35-46(10,54)39(50)29(4)37(48-57-23-22-56-21-20-47-26-33-16-14-13-15-17-33)27(2)24-44(8,53)41(62-43-34(49)19-18-28(3)58-43)30(5)38(31(6)42(52)60-35)61-36-25-45(9,55-11)40(51)32(7)59-36/h13-17,27-32,34-36,38-41,43,47,49-51,53-54H,12,18-26H2,1-11H3/b48-37+/t27-,28-,29+,30+,31-,32+,34-,35-,36+,38+,39-,40+,41-,43+,44-,45-,46-/m1/s1. The minimum Gasteiger partial charge on any atom is -0.459 e. The zero-order valence-corrected chi connectivity index (χ0v) is 38.9. The number of ether oxygens (including phenoxy) is 7. The van der Waals surface area contributed by atoms with Crippen molar-refractivity contribution in [2.75, 3.05) is 33.5 Å². The maximum Gasteiger partial charge on any atom is 0.311 e. The first-order chi connectivity index (χ1) is 29.2. The van der Waals surface area contributed by atoms with Crippen molar-refractivity contribution in [3.05, 3.63) is 35.9 Å². The lowest BCUT2D eigenvalue weighted by atomic mass is 9.73. The van der Waals surface area contributed by atoms with Crippen LogP contribution in [0.5, 0.6) is 0 Å². The molecule has 0 saturated carbocycles. The Labute approximate surface area is 368 Å². The molecule has 0 radical (unpaired) electrons. The number of aliphatic hydroxyl groups is 5. The molecule has 1 aromatic rings. The average molecular weight is 883 g/mol. The number of hydrogen-bond donors (Lipinski definition) is 6. The van der Waals surface area contributed by atoms with Crippen LogP contribution in [0.25, 0.3) is 0 Å². The number of nitrogens with one attached hydrogen (secondary N) is 1. The Morgan fingerprint density at radius 3 is 2.23 bits per heavy atom. The number of esters is 1. The first-order valence-corrected chi connectivity index (χ1v) is 22.5. The van der Waals surface area contributed by atoms with E-state index in [1.165, 1.54) is 19.6 Å². The fraction of sp³-hybridized carbons (Fsp3) is 0.826. The summed E-state index contributed by atoms with van der Waals surface area (Å²) < 4.78 is 43.2. The number of rotatable bonds is 15. The monoisotopic (exact) mass is 883 g/mol. The molecule has 3 aliphatic rings. The second-order valence-electron chi connectivity index (χ2n) is 18.6. The van der Waals surface area contributed by atoms with Gasteiger partial charge in [-0.05, 0) is 72.8 Å². The van der Waals surface area contributed by atoms with Crippen molar-refractivity contribution in [2.24, 2.45) is 28.8 Å². The van der Waals surface area contributed by atoms with Crippen molar-refractivity contribution < 1.29 is 68.3 Å². The van der Waals surface area contributed by atoms with Gasteiger partial charge in [0.1, 0.15) is 30.5 Å². The number of carbonyl (C=O) groups is 1. The number of benzene rings is 1. The van der Waals surface area contributed by atoms with Crippen LogP contribution in [0, 0.1) is 23.7 Å². The first kappa shape index (κ1) is 52.3. The molecular formula is C46H78N2O14. The van der Waals surface area contributed by atoms with Gasteiger partial charge in [0.2, 0.25) is 0 Å². The lowest BCUT2D eigenvalue weighted by Crippen LogP contribution is -2.60. The van der Waals surface area contributed by atoms with E-state index in [2.05, 4.69) is 10.5 Å². The zero-order chi connectivity index (χ0) is 46.0. The summed E-state index contributed by atoms with van der Waals surface area (Å²) in [5, 5.41) is 66.6. The van der Waals surface area contributed by atoms with Gasteiger partial charge in [-0.2, -0.15) is 0 Å². The van der Waals surface area contributed by atoms with Crippen molar-refractivity contribution in [1.29, 1.82) is 0 Å². The molecule has 1 aromatic carbocycles. The molecule has 0 amide bonds. The van der Waals surface area contributed by atoms with E-state index in [1.54, 1.807) is 48.5 Å². The highest BCUT2D eigenvalue weighted by molar-refractivity contribution is 5.88. The third-order valence-electron chi connectivity index (χ3n) is 13.2. The highest BCUT2D eigenvalue weighted by Gasteiger charge is 2.53. The van der Waals surface area contributed by atoms with Crippen LogP contribution >= 0.6 is 0 Å². The Morgan fingerprint density at radius 1 is 0.871 bits per heavy atom. The number of carbonyl (C=O) groups excluding carboxylic acids is 1. The van der Waals surface area contributed by atoms with Crippen LogP contribution in [0.2, 0.25) is 0 Å². The van der Waals surface area contributed by atoms with Gasteiger partial charge in [-0.1, -0.05) is 63.2 Å². The number of methoxy groups -OCH3 is 1. The lowest BCUT2D eigenvalue weighted by Gasteiger charge is -2.48. The molecule has 356 valence electrons. The Bertz CT molecular complexity index is 1530. The number of oxime groups is 1. The van der Waals surface area contributed by atoms with Crippen LogP contribution in [-0.4, -0.2) is 149 Å². The molecule has 17 atom stereocenters. The van der Waals surface area contributed by atoms with Crippen LogP contribution in [0.1, 0.15) is 107 Å². The number of hydrogen-bond acceptors (Lipinski definition) is 16. The maximum atomic E-state index is 14.3.